The van der Waals surface area contributed by atoms with Gasteiger partial charge >= 0.3 is 12.2 Å². The number of hydrogen-bond donors (Lipinski definition) is 0. The molecule has 1 heterocycles. The van der Waals surface area contributed by atoms with Gasteiger partial charge in [0, 0.05) is 0 Å². The predicted octanol–water partition coefficient (Wildman–Crippen LogP) is 4.89. The van der Waals surface area contributed by atoms with Crippen LogP contribution in [0.5, 0.6) is 0 Å². The second-order valence-corrected chi connectivity index (χ2v) is 6.96. The van der Waals surface area contributed by atoms with Gasteiger partial charge in [-0.1, -0.05) is 84.9 Å². The molecule has 3 aromatic carbocycles. The van der Waals surface area contributed by atoms with Crippen molar-refractivity contribution in [1.29, 1.82) is 0 Å². The standard InChI is InChI=1S/C24H22N2O4/c27-23(29-17-19-9-3-1-4-10-19)25-15-21-13-7-8-14-22(21)16-26(25)24(28)30-18-20-11-5-2-6-12-20/h1-14H,15-18H2. The van der Waals surface area contributed by atoms with Crippen molar-refractivity contribution in [1.82, 2.24) is 10.0 Å². The lowest BCUT2D eigenvalue weighted by molar-refractivity contribution is -0.0425. The van der Waals surface area contributed by atoms with Gasteiger partial charge in [0.2, 0.25) is 0 Å². The molecule has 30 heavy (non-hydrogen) atoms. The topological polar surface area (TPSA) is 59.1 Å². The molecule has 0 N–H and O–H groups in total. The lowest BCUT2D eigenvalue weighted by Gasteiger charge is -2.37. The van der Waals surface area contributed by atoms with Crippen LogP contribution in [-0.2, 0) is 35.8 Å². The molecule has 2 amide bonds. The fraction of sp³-hybridized carbons (Fsp3) is 0.167. The highest BCUT2D eigenvalue weighted by atomic mass is 16.6. The Bertz CT molecular complexity index is 925. The van der Waals surface area contributed by atoms with Crippen molar-refractivity contribution < 1.29 is 19.1 Å². The molecule has 3 aromatic rings. The second-order valence-electron chi connectivity index (χ2n) is 6.96. The molecule has 6 nitrogen and oxygen atoms in total. The number of ether oxygens (including phenoxy) is 2. The summed E-state index contributed by atoms with van der Waals surface area (Å²) in [5.41, 5.74) is 3.70. The Kier molecular flexibility index (Phi) is 5.94. The maximum Gasteiger partial charge on any atom is 0.429 e. The van der Waals surface area contributed by atoms with Gasteiger partial charge < -0.3 is 9.47 Å². The van der Waals surface area contributed by atoms with E-state index in [9.17, 15) is 9.59 Å². The Labute approximate surface area is 175 Å². The Balaban J connectivity index is 1.48. The summed E-state index contributed by atoms with van der Waals surface area (Å²) in [6, 6.07) is 26.6. The van der Waals surface area contributed by atoms with E-state index in [0.29, 0.717) is 0 Å². The summed E-state index contributed by atoms with van der Waals surface area (Å²) in [4.78, 5) is 25.6. The van der Waals surface area contributed by atoms with Gasteiger partial charge in [-0.3, -0.25) is 0 Å². The SMILES string of the molecule is O=C(OCc1ccccc1)N1Cc2ccccc2CN1C(=O)OCc1ccccc1. The third kappa shape index (κ3) is 4.60. The molecular weight excluding hydrogens is 380 g/mol. The lowest BCUT2D eigenvalue weighted by atomic mass is 10.1. The van der Waals surface area contributed by atoms with E-state index in [-0.39, 0.29) is 26.3 Å². The van der Waals surface area contributed by atoms with E-state index in [0.717, 1.165) is 22.3 Å². The zero-order chi connectivity index (χ0) is 20.8. The number of benzene rings is 3. The van der Waals surface area contributed by atoms with E-state index in [1.165, 1.54) is 10.0 Å². The highest BCUT2D eigenvalue weighted by Gasteiger charge is 2.33. The molecule has 0 bridgehead atoms. The molecule has 0 aromatic heterocycles. The number of hydrogen-bond acceptors (Lipinski definition) is 4. The van der Waals surface area contributed by atoms with E-state index in [1.807, 2.05) is 84.9 Å². The monoisotopic (exact) mass is 402 g/mol. The molecule has 0 saturated heterocycles. The van der Waals surface area contributed by atoms with E-state index in [2.05, 4.69) is 0 Å². The maximum absolute atomic E-state index is 12.8. The number of nitrogens with zero attached hydrogens (tertiary/aromatic N) is 2. The van der Waals surface area contributed by atoms with Crippen molar-refractivity contribution in [3.05, 3.63) is 107 Å². The molecule has 1 aliphatic rings. The van der Waals surface area contributed by atoms with Gasteiger partial charge in [0.25, 0.3) is 0 Å². The number of carbonyl (C=O) groups excluding carboxylic acids is 2. The summed E-state index contributed by atoms with van der Waals surface area (Å²) in [7, 11) is 0. The van der Waals surface area contributed by atoms with Gasteiger partial charge in [0.1, 0.15) is 13.2 Å². The van der Waals surface area contributed by atoms with Crippen LogP contribution in [0.2, 0.25) is 0 Å². The zero-order valence-electron chi connectivity index (χ0n) is 16.4. The van der Waals surface area contributed by atoms with E-state index in [1.54, 1.807) is 0 Å². The molecule has 6 heteroatoms. The van der Waals surface area contributed by atoms with Gasteiger partial charge in [-0.15, -0.1) is 0 Å². The van der Waals surface area contributed by atoms with Crippen LogP contribution < -0.4 is 0 Å². The number of rotatable bonds is 4. The van der Waals surface area contributed by atoms with Crippen LogP contribution in [-0.4, -0.2) is 22.2 Å². The molecule has 0 radical (unpaired) electrons. The number of hydrazine groups is 1. The van der Waals surface area contributed by atoms with Gasteiger partial charge in [-0.25, -0.2) is 19.6 Å². The number of fused-ring (bicyclic) bond motifs is 1. The Morgan fingerprint density at radius 1 is 0.600 bits per heavy atom. The first-order chi connectivity index (χ1) is 14.7. The number of carbonyl (C=O) groups is 2. The van der Waals surface area contributed by atoms with E-state index >= 15 is 0 Å². The highest BCUT2D eigenvalue weighted by Crippen LogP contribution is 2.24. The smallest absolute Gasteiger partial charge is 0.429 e. The second kappa shape index (κ2) is 9.13. The summed E-state index contributed by atoms with van der Waals surface area (Å²) in [5, 5.41) is 2.61. The largest absolute Gasteiger partial charge is 0.443 e. The quantitative estimate of drug-likeness (QED) is 0.623. The summed E-state index contributed by atoms with van der Waals surface area (Å²) in [6.07, 6.45) is -1.19. The van der Waals surface area contributed by atoms with Gasteiger partial charge in [0.15, 0.2) is 0 Å². The van der Waals surface area contributed by atoms with Gasteiger partial charge in [-0.2, -0.15) is 0 Å². The summed E-state index contributed by atoms with van der Waals surface area (Å²) >= 11 is 0. The lowest BCUT2D eigenvalue weighted by Crippen LogP contribution is -2.51. The van der Waals surface area contributed by atoms with E-state index in [4.69, 9.17) is 9.47 Å². The molecule has 0 saturated carbocycles. The van der Waals surface area contributed by atoms with Crippen LogP contribution in [0.4, 0.5) is 9.59 Å². The fourth-order valence-corrected chi connectivity index (χ4v) is 3.27. The molecule has 152 valence electrons. The molecule has 0 atom stereocenters. The Hall–Kier alpha value is -3.80. The molecule has 0 unspecified atom stereocenters. The van der Waals surface area contributed by atoms with Crippen molar-refractivity contribution in [3.8, 4) is 0 Å². The maximum atomic E-state index is 12.8. The number of amides is 2. The first kappa shape index (κ1) is 19.5. The third-order valence-corrected chi connectivity index (χ3v) is 4.88. The van der Waals surface area contributed by atoms with Crippen LogP contribution >= 0.6 is 0 Å². The minimum Gasteiger partial charge on any atom is -0.443 e. The van der Waals surface area contributed by atoms with Crippen molar-refractivity contribution in [2.75, 3.05) is 0 Å². The van der Waals surface area contributed by atoms with Crippen molar-refractivity contribution in [2.24, 2.45) is 0 Å². The Morgan fingerprint density at radius 2 is 0.967 bits per heavy atom. The molecular formula is C24H22N2O4. The average molecular weight is 402 g/mol. The third-order valence-electron chi connectivity index (χ3n) is 4.88. The van der Waals surface area contributed by atoms with Crippen molar-refractivity contribution in [3.63, 3.8) is 0 Å². The Morgan fingerprint density at radius 3 is 1.37 bits per heavy atom. The predicted molar refractivity (Wildman–Crippen MR) is 111 cm³/mol. The average Bonchev–Trinajstić information content (AvgIpc) is 2.81. The normalized spacial score (nSPS) is 12.8. The molecule has 1 aliphatic heterocycles. The van der Waals surface area contributed by atoms with Crippen molar-refractivity contribution in [2.45, 2.75) is 26.3 Å². The van der Waals surface area contributed by atoms with Gasteiger partial charge in [0.05, 0.1) is 13.1 Å². The first-order valence-electron chi connectivity index (χ1n) is 9.74. The van der Waals surface area contributed by atoms with Gasteiger partial charge in [-0.05, 0) is 22.3 Å². The van der Waals surface area contributed by atoms with Crippen LogP contribution in [0.1, 0.15) is 22.3 Å². The summed E-state index contributed by atoms with van der Waals surface area (Å²) in [6.45, 7) is 0.740. The highest BCUT2D eigenvalue weighted by molar-refractivity contribution is 5.75. The molecule has 4 rings (SSSR count). The molecule has 0 spiro atoms. The first-order valence-corrected chi connectivity index (χ1v) is 9.74. The van der Waals surface area contributed by atoms with Crippen LogP contribution in [0.15, 0.2) is 84.9 Å². The minimum atomic E-state index is -0.593. The zero-order valence-corrected chi connectivity index (χ0v) is 16.4. The van der Waals surface area contributed by atoms with Crippen molar-refractivity contribution >= 4 is 12.2 Å². The molecule has 0 fully saturated rings. The summed E-state index contributed by atoms with van der Waals surface area (Å²) < 4.78 is 10.9. The fourth-order valence-electron chi connectivity index (χ4n) is 3.27. The minimum absolute atomic E-state index is 0.130. The van der Waals surface area contributed by atoms with Crippen LogP contribution in [0, 0.1) is 0 Å². The van der Waals surface area contributed by atoms with E-state index < -0.39 is 12.2 Å². The van der Waals surface area contributed by atoms with Crippen LogP contribution in [0.3, 0.4) is 0 Å². The molecule has 0 aliphatic carbocycles. The summed E-state index contributed by atoms with van der Waals surface area (Å²) in [5.74, 6) is 0. The van der Waals surface area contributed by atoms with Crippen LogP contribution in [0.25, 0.3) is 0 Å².